The van der Waals surface area contributed by atoms with Gasteiger partial charge in [-0.25, -0.2) is 0 Å². The maximum absolute atomic E-state index is 12.8. The zero-order valence-electron chi connectivity index (χ0n) is 13.6. The van der Waals surface area contributed by atoms with Crippen LogP contribution in [0.1, 0.15) is 36.3 Å². The summed E-state index contributed by atoms with van der Waals surface area (Å²) in [7, 11) is 0. The van der Waals surface area contributed by atoms with Gasteiger partial charge in [0.15, 0.2) is 0 Å². The van der Waals surface area contributed by atoms with Crippen molar-refractivity contribution in [3.8, 4) is 0 Å². The van der Waals surface area contributed by atoms with Crippen molar-refractivity contribution in [1.29, 1.82) is 0 Å². The second-order valence-electron chi connectivity index (χ2n) is 6.24. The minimum absolute atomic E-state index is 0.0709. The first-order valence-corrected chi connectivity index (χ1v) is 8.71. The summed E-state index contributed by atoms with van der Waals surface area (Å²) in [5.41, 5.74) is 2.55. The molecule has 4 nitrogen and oxygen atoms in total. The van der Waals surface area contributed by atoms with Crippen LogP contribution in [0.3, 0.4) is 0 Å². The molecule has 2 unspecified atom stereocenters. The van der Waals surface area contributed by atoms with Crippen molar-refractivity contribution in [2.24, 2.45) is 0 Å². The molecule has 0 aliphatic carbocycles. The second kappa shape index (κ2) is 7.06. The van der Waals surface area contributed by atoms with E-state index in [0.717, 1.165) is 11.1 Å². The minimum atomic E-state index is -1.03. The van der Waals surface area contributed by atoms with Gasteiger partial charge in [-0.05, 0) is 41.7 Å². The normalized spacial score (nSPS) is 17.5. The molecule has 1 aliphatic heterocycles. The Hall–Kier alpha value is -2.04. The van der Waals surface area contributed by atoms with Crippen molar-refractivity contribution >= 4 is 40.8 Å². The summed E-state index contributed by atoms with van der Waals surface area (Å²) in [5, 5.41) is 10.1. The summed E-state index contributed by atoms with van der Waals surface area (Å²) in [5.74, 6) is -1.49. The van der Waals surface area contributed by atoms with Gasteiger partial charge in [-0.1, -0.05) is 54.4 Å². The van der Waals surface area contributed by atoms with E-state index in [1.165, 1.54) is 4.90 Å². The minimum Gasteiger partial charge on any atom is -0.480 e. The molecule has 1 N–H and O–H groups in total. The van der Waals surface area contributed by atoms with Gasteiger partial charge in [-0.2, -0.15) is 0 Å². The number of hydrogen-bond donors (Lipinski definition) is 1. The van der Waals surface area contributed by atoms with Crippen LogP contribution in [0, 0.1) is 0 Å². The Morgan fingerprint density at radius 3 is 2.60 bits per heavy atom. The van der Waals surface area contributed by atoms with Gasteiger partial charge in [0.2, 0.25) is 5.91 Å². The van der Waals surface area contributed by atoms with Crippen molar-refractivity contribution in [2.75, 3.05) is 11.4 Å². The zero-order chi connectivity index (χ0) is 18.1. The Balaban J connectivity index is 1.88. The standard InChI is InChI=1S/C19H17Cl2NO3/c1-11(12-6-7-15(20)16(21)9-12)8-14-13-4-2-3-5-17(13)22(19(14)25)10-18(23)24/h2-7,9,11,14H,8,10H2,1H3,(H,23,24). The van der Waals surface area contributed by atoms with E-state index in [2.05, 4.69) is 0 Å². The average molecular weight is 378 g/mol. The van der Waals surface area contributed by atoms with Crippen molar-refractivity contribution in [2.45, 2.75) is 25.2 Å². The van der Waals surface area contributed by atoms with Crippen LogP contribution in [0.2, 0.25) is 10.0 Å². The molecule has 130 valence electrons. The van der Waals surface area contributed by atoms with E-state index in [1.54, 1.807) is 12.1 Å². The number of nitrogens with zero attached hydrogens (tertiary/aromatic N) is 1. The van der Waals surface area contributed by atoms with Crippen LogP contribution in [0.15, 0.2) is 42.5 Å². The lowest BCUT2D eigenvalue weighted by Gasteiger charge is -2.18. The Kier molecular flexibility index (Phi) is 5.02. The number of amides is 1. The summed E-state index contributed by atoms with van der Waals surface area (Å²) in [6.07, 6.45) is 0.573. The molecule has 2 aromatic rings. The number of hydrogen-bond acceptors (Lipinski definition) is 2. The molecule has 0 spiro atoms. The van der Waals surface area contributed by atoms with Gasteiger partial charge in [0.1, 0.15) is 6.54 Å². The molecular weight excluding hydrogens is 361 g/mol. The largest absolute Gasteiger partial charge is 0.480 e. The molecule has 1 aliphatic rings. The fourth-order valence-electron chi connectivity index (χ4n) is 3.30. The van der Waals surface area contributed by atoms with Gasteiger partial charge in [0.25, 0.3) is 0 Å². The Morgan fingerprint density at radius 1 is 1.20 bits per heavy atom. The van der Waals surface area contributed by atoms with Crippen LogP contribution in [-0.4, -0.2) is 23.5 Å². The maximum atomic E-state index is 12.8. The summed E-state index contributed by atoms with van der Waals surface area (Å²) < 4.78 is 0. The highest BCUT2D eigenvalue weighted by Gasteiger charge is 2.38. The number of benzene rings is 2. The number of anilines is 1. The summed E-state index contributed by atoms with van der Waals surface area (Å²) >= 11 is 12.1. The predicted molar refractivity (Wildman–Crippen MR) is 98.7 cm³/mol. The predicted octanol–water partition coefficient (Wildman–Crippen LogP) is 4.70. The van der Waals surface area contributed by atoms with Gasteiger partial charge in [-0.15, -0.1) is 0 Å². The average Bonchev–Trinajstić information content (AvgIpc) is 2.83. The highest BCUT2D eigenvalue weighted by atomic mass is 35.5. The van der Waals surface area contributed by atoms with Gasteiger partial charge in [0.05, 0.1) is 16.0 Å². The first-order chi connectivity index (χ1) is 11.9. The highest BCUT2D eigenvalue weighted by Crippen LogP contribution is 2.42. The van der Waals surface area contributed by atoms with Gasteiger partial charge in [-0.3, -0.25) is 9.59 Å². The molecule has 25 heavy (non-hydrogen) atoms. The monoisotopic (exact) mass is 377 g/mol. The van der Waals surface area contributed by atoms with Crippen molar-refractivity contribution < 1.29 is 14.7 Å². The molecule has 1 amide bonds. The summed E-state index contributed by atoms with van der Waals surface area (Å²) in [6.45, 7) is 1.70. The lowest BCUT2D eigenvalue weighted by Crippen LogP contribution is -2.34. The van der Waals surface area contributed by atoms with Crippen molar-refractivity contribution in [1.82, 2.24) is 0 Å². The van der Waals surface area contributed by atoms with E-state index in [9.17, 15) is 9.59 Å². The molecule has 0 radical (unpaired) electrons. The number of rotatable bonds is 5. The van der Waals surface area contributed by atoms with Crippen LogP contribution >= 0.6 is 23.2 Å². The Bertz CT molecular complexity index is 837. The number of fused-ring (bicyclic) bond motifs is 1. The number of carbonyl (C=O) groups excluding carboxylic acids is 1. The van der Waals surface area contributed by atoms with Crippen LogP contribution in [0.4, 0.5) is 5.69 Å². The van der Waals surface area contributed by atoms with Gasteiger partial charge >= 0.3 is 5.97 Å². The number of aliphatic carboxylic acids is 1. The quantitative estimate of drug-likeness (QED) is 0.820. The third-order valence-electron chi connectivity index (χ3n) is 4.56. The lowest BCUT2D eigenvalue weighted by molar-refractivity contribution is -0.136. The SMILES string of the molecule is CC(CC1C(=O)N(CC(=O)O)c2ccccc21)c1ccc(Cl)c(Cl)c1. The number of para-hydroxylation sites is 1. The number of halogens is 2. The molecule has 2 atom stereocenters. The molecular formula is C19H17Cl2NO3. The van der Waals surface area contributed by atoms with E-state index in [0.29, 0.717) is 22.2 Å². The maximum Gasteiger partial charge on any atom is 0.323 e. The molecule has 0 fully saturated rings. The van der Waals surface area contributed by atoms with Crippen LogP contribution in [-0.2, 0) is 9.59 Å². The van der Waals surface area contributed by atoms with Crippen LogP contribution in [0.5, 0.6) is 0 Å². The van der Waals surface area contributed by atoms with E-state index in [4.69, 9.17) is 28.3 Å². The fourth-order valence-corrected chi connectivity index (χ4v) is 3.61. The zero-order valence-corrected chi connectivity index (χ0v) is 15.1. The molecule has 2 aromatic carbocycles. The fraction of sp³-hybridized carbons (Fsp3) is 0.263. The van der Waals surface area contributed by atoms with E-state index >= 15 is 0 Å². The van der Waals surface area contributed by atoms with Crippen molar-refractivity contribution in [3.63, 3.8) is 0 Å². The molecule has 0 bridgehead atoms. The second-order valence-corrected chi connectivity index (χ2v) is 7.05. The highest BCUT2D eigenvalue weighted by molar-refractivity contribution is 6.42. The van der Waals surface area contributed by atoms with Gasteiger partial charge < -0.3 is 10.0 Å². The summed E-state index contributed by atoms with van der Waals surface area (Å²) in [6, 6.07) is 12.8. The summed E-state index contributed by atoms with van der Waals surface area (Å²) in [4.78, 5) is 25.3. The molecule has 6 heteroatoms. The van der Waals surface area contributed by atoms with Crippen LogP contribution < -0.4 is 4.90 Å². The lowest BCUT2D eigenvalue weighted by atomic mass is 9.87. The molecule has 0 aromatic heterocycles. The first-order valence-electron chi connectivity index (χ1n) is 7.95. The Labute approximate surface area is 156 Å². The third kappa shape index (κ3) is 3.51. The van der Waals surface area contributed by atoms with E-state index in [1.807, 2.05) is 37.3 Å². The smallest absolute Gasteiger partial charge is 0.323 e. The van der Waals surface area contributed by atoms with E-state index < -0.39 is 5.97 Å². The first kappa shape index (κ1) is 17.8. The van der Waals surface area contributed by atoms with Crippen molar-refractivity contribution in [3.05, 3.63) is 63.6 Å². The number of carboxylic acids is 1. The molecule has 0 saturated heterocycles. The van der Waals surface area contributed by atoms with Gasteiger partial charge in [0, 0.05) is 5.69 Å². The molecule has 3 rings (SSSR count). The molecule has 1 heterocycles. The van der Waals surface area contributed by atoms with E-state index in [-0.39, 0.29) is 24.3 Å². The third-order valence-corrected chi connectivity index (χ3v) is 5.30. The topological polar surface area (TPSA) is 57.6 Å². The number of carboxylic acid groups (broad SMARTS) is 1. The van der Waals surface area contributed by atoms with Crippen LogP contribution in [0.25, 0.3) is 0 Å². The number of carbonyl (C=O) groups is 2. The molecule has 0 saturated carbocycles. The Morgan fingerprint density at radius 2 is 1.92 bits per heavy atom.